The predicted octanol–water partition coefficient (Wildman–Crippen LogP) is 8.42. The summed E-state index contributed by atoms with van der Waals surface area (Å²) in [6, 6.07) is 5.57. The highest BCUT2D eigenvalue weighted by Crippen LogP contribution is 2.43. The molecule has 0 aliphatic rings. The van der Waals surface area contributed by atoms with Crippen LogP contribution < -0.4 is 9.47 Å². The highest BCUT2D eigenvalue weighted by Gasteiger charge is 2.43. The summed E-state index contributed by atoms with van der Waals surface area (Å²) in [6.07, 6.45) is -8.03. The van der Waals surface area contributed by atoms with E-state index in [1.165, 1.54) is 24.3 Å². The van der Waals surface area contributed by atoms with E-state index in [1.807, 2.05) is 6.92 Å². The molecule has 0 saturated heterocycles. The molecule has 0 aromatic heterocycles. The first kappa shape index (κ1) is 27.0. The van der Waals surface area contributed by atoms with Crippen LogP contribution in [0.15, 0.2) is 42.5 Å². The molecular weight excluding hydrogens is 507 g/mol. The molecule has 3 rings (SSSR count). The predicted molar refractivity (Wildman–Crippen MR) is 108 cm³/mol. The maximum Gasteiger partial charge on any atom is 0.573 e. The lowest BCUT2D eigenvalue weighted by Gasteiger charge is -2.21. The number of hydrogen-bond donors (Lipinski definition) is 0. The lowest BCUT2D eigenvalue weighted by molar-refractivity contribution is -0.276. The van der Waals surface area contributed by atoms with Gasteiger partial charge in [0.1, 0.15) is 17.1 Å². The number of ether oxygens (including phenoxy) is 2. The minimum atomic E-state index is -5.50. The van der Waals surface area contributed by atoms with Gasteiger partial charge in [-0.1, -0.05) is 37.6 Å². The number of halogens is 9. The van der Waals surface area contributed by atoms with E-state index in [-0.39, 0.29) is 23.8 Å². The maximum absolute atomic E-state index is 15.1. The molecule has 0 atom stereocenters. The molecule has 0 heterocycles. The summed E-state index contributed by atoms with van der Waals surface area (Å²) in [6.45, 7) is 1.96. The second kappa shape index (κ2) is 10.2. The summed E-state index contributed by atoms with van der Waals surface area (Å²) >= 11 is 0. The van der Waals surface area contributed by atoms with Crippen LogP contribution >= 0.6 is 0 Å². The maximum atomic E-state index is 15.1. The minimum absolute atomic E-state index is 0.0915. The molecule has 0 aliphatic carbocycles. The van der Waals surface area contributed by atoms with Gasteiger partial charge < -0.3 is 9.47 Å². The molecule has 0 fully saturated rings. The average molecular weight is 523 g/mol. The summed E-state index contributed by atoms with van der Waals surface area (Å²) < 4.78 is 131. The Morgan fingerprint density at radius 2 is 1.39 bits per heavy atom. The van der Waals surface area contributed by atoms with E-state index in [0.29, 0.717) is 6.42 Å². The van der Waals surface area contributed by atoms with Crippen LogP contribution in [-0.2, 0) is 17.6 Å². The molecule has 0 saturated carbocycles. The van der Waals surface area contributed by atoms with Crippen LogP contribution in [0, 0.1) is 23.3 Å². The molecule has 0 amide bonds. The fourth-order valence-electron chi connectivity index (χ4n) is 3.36. The Bertz CT molecular complexity index is 1220. The third-order valence-electron chi connectivity index (χ3n) is 4.97. The molecular formula is C24H16F9O3. The molecule has 0 aliphatic heterocycles. The van der Waals surface area contributed by atoms with Gasteiger partial charge in [0.05, 0.1) is 5.56 Å². The first-order valence-corrected chi connectivity index (χ1v) is 10.3. The molecule has 36 heavy (non-hydrogen) atoms. The van der Waals surface area contributed by atoms with Crippen molar-refractivity contribution in [2.75, 3.05) is 0 Å². The largest absolute Gasteiger partial charge is 0.573 e. The van der Waals surface area contributed by atoms with Crippen LogP contribution in [-0.4, -0.2) is 6.36 Å². The zero-order chi connectivity index (χ0) is 26.8. The lowest BCUT2D eigenvalue weighted by Crippen LogP contribution is -2.26. The number of alkyl halides is 5. The quantitative estimate of drug-likeness (QED) is 0.278. The van der Waals surface area contributed by atoms with Crippen LogP contribution in [0.4, 0.5) is 39.5 Å². The Kier molecular flexibility index (Phi) is 7.65. The smallest absolute Gasteiger partial charge is 0.429 e. The fraction of sp³-hybridized carbons (Fsp3) is 0.250. The highest BCUT2D eigenvalue weighted by atomic mass is 19.4. The number of rotatable bonds is 8. The van der Waals surface area contributed by atoms with Crippen molar-refractivity contribution in [3.63, 3.8) is 0 Å². The zero-order valence-corrected chi connectivity index (χ0v) is 18.3. The van der Waals surface area contributed by atoms with Crippen molar-refractivity contribution in [1.82, 2.24) is 0 Å². The SMILES string of the molecule is CCCCc1ccc(-c2c([O])cc(F)c(C(F)(F)Oc3cc(F)c(OC(F)(F)F)c(F)c3)c2F)cc1. The Morgan fingerprint density at radius 1 is 0.806 bits per heavy atom. The second-order valence-corrected chi connectivity index (χ2v) is 7.60. The van der Waals surface area contributed by atoms with Crippen LogP contribution in [0.2, 0.25) is 0 Å². The van der Waals surface area contributed by atoms with Gasteiger partial charge >= 0.3 is 12.5 Å². The van der Waals surface area contributed by atoms with Crippen LogP contribution in [0.3, 0.4) is 0 Å². The van der Waals surface area contributed by atoms with Crippen molar-refractivity contribution in [3.8, 4) is 28.4 Å². The van der Waals surface area contributed by atoms with E-state index < -0.39 is 64.1 Å². The van der Waals surface area contributed by atoms with Gasteiger partial charge in [-0.25, -0.2) is 17.6 Å². The van der Waals surface area contributed by atoms with Gasteiger partial charge in [-0.2, -0.15) is 8.78 Å². The molecule has 0 N–H and O–H groups in total. The van der Waals surface area contributed by atoms with E-state index in [4.69, 9.17) is 0 Å². The summed E-state index contributed by atoms with van der Waals surface area (Å²) in [5.74, 6) is -12.7. The normalized spacial score (nSPS) is 12.1. The van der Waals surface area contributed by atoms with Gasteiger partial charge in [-0.3, -0.25) is 5.11 Å². The molecule has 193 valence electrons. The molecule has 1 radical (unpaired) electrons. The summed E-state index contributed by atoms with van der Waals surface area (Å²) in [5.41, 5.74) is -2.25. The van der Waals surface area contributed by atoms with Crippen molar-refractivity contribution >= 4 is 0 Å². The molecule has 3 aromatic rings. The second-order valence-electron chi connectivity index (χ2n) is 7.60. The molecule has 0 bridgehead atoms. The van der Waals surface area contributed by atoms with E-state index in [1.54, 1.807) is 0 Å². The average Bonchev–Trinajstić information content (AvgIpc) is 2.74. The van der Waals surface area contributed by atoms with Gasteiger partial charge in [0, 0.05) is 18.2 Å². The molecule has 3 aromatic carbocycles. The van der Waals surface area contributed by atoms with Crippen molar-refractivity contribution in [1.29, 1.82) is 0 Å². The Labute approximate surface area is 198 Å². The fourth-order valence-corrected chi connectivity index (χ4v) is 3.36. The van der Waals surface area contributed by atoms with Gasteiger partial charge in [0.15, 0.2) is 23.2 Å². The zero-order valence-electron chi connectivity index (χ0n) is 18.3. The van der Waals surface area contributed by atoms with Gasteiger partial charge in [-0.05, 0) is 24.0 Å². The Balaban J connectivity index is 1.99. The van der Waals surface area contributed by atoms with E-state index in [2.05, 4.69) is 9.47 Å². The highest BCUT2D eigenvalue weighted by molar-refractivity contribution is 5.72. The summed E-state index contributed by atoms with van der Waals surface area (Å²) in [4.78, 5) is 0. The number of hydrogen-bond acceptors (Lipinski definition) is 2. The van der Waals surface area contributed by atoms with Crippen LogP contribution in [0.25, 0.3) is 11.1 Å². The first-order valence-electron chi connectivity index (χ1n) is 10.3. The van der Waals surface area contributed by atoms with Gasteiger partial charge in [0.25, 0.3) is 0 Å². The monoisotopic (exact) mass is 523 g/mol. The van der Waals surface area contributed by atoms with Crippen LogP contribution in [0.5, 0.6) is 17.2 Å². The van der Waals surface area contributed by atoms with E-state index >= 15 is 4.39 Å². The van der Waals surface area contributed by atoms with E-state index in [9.17, 15) is 40.2 Å². The summed E-state index contributed by atoms with van der Waals surface area (Å²) in [7, 11) is 0. The van der Waals surface area contributed by atoms with Crippen LogP contribution in [0.1, 0.15) is 30.9 Å². The third kappa shape index (κ3) is 5.97. The molecule has 0 unspecified atom stereocenters. The third-order valence-corrected chi connectivity index (χ3v) is 4.97. The van der Waals surface area contributed by atoms with E-state index in [0.717, 1.165) is 18.4 Å². The molecule has 12 heteroatoms. The topological polar surface area (TPSA) is 38.4 Å². The Morgan fingerprint density at radius 3 is 1.92 bits per heavy atom. The van der Waals surface area contributed by atoms with Crippen molar-refractivity contribution < 1.29 is 54.1 Å². The first-order chi connectivity index (χ1) is 16.7. The lowest BCUT2D eigenvalue weighted by atomic mass is 9.97. The molecule has 3 nitrogen and oxygen atoms in total. The van der Waals surface area contributed by atoms with Gasteiger partial charge in [0.2, 0.25) is 5.75 Å². The molecule has 0 spiro atoms. The van der Waals surface area contributed by atoms with Crippen molar-refractivity contribution in [2.24, 2.45) is 0 Å². The van der Waals surface area contributed by atoms with Crippen molar-refractivity contribution in [2.45, 2.75) is 38.7 Å². The number of aryl methyl sites for hydroxylation is 1. The standard InChI is InChI=1S/C24H16F9O3/c1-2-3-4-12-5-7-13(8-6-12)19-18(34)11-15(25)20(21(19)28)23(29,30)35-14-9-16(26)22(17(27)10-14)36-24(31,32)33/h5-11H,2-4H2,1H3. The van der Waals surface area contributed by atoms with Gasteiger partial charge in [-0.15, -0.1) is 13.2 Å². The van der Waals surface area contributed by atoms with Crippen molar-refractivity contribution in [3.05, 3.63) is 76.9 Å². The minimum Gasteiger partial charge on any atom is -0.429 e. The Hall–Kier alpha value is -3.57. The number of unbranched alkanes of at least 4 members (excludes halogenated alkanes) is 1. The summed E-state index contributed by atoms with van der Waals surface area (Å²) in [5, 5.41) is 12.2. The number of benzene rings is 3.